The summed E-state index contributed by atoms with van der Waals surface area (Å²) in [6, 6.07) is 27.8. The normalized spacial score (nSPS) is 11.1. The van der Waals surface area contributed by atoms with Crippen molar-refractivity contribution < 1.29 is 18.3 Å². The molecule has 0 spiro atoms. The highest BCUT2D eigenvalue weighted by Crippen LogP contribution is 2.45. The van der Waals surface area contributed by atoms with Crippen molar-refractivity contribution in [3.05, 3.63) is 150 Å². The number of fused-ring (bicyclic) bond motifs is 1. The molecule has 0 aliphatic heterocycles. The lowest BCUT2D eigenvalue weighted by Gasteiger charge is -2.11. The quantitative estimate of drug-likeness (QED) is 0.157. The van der Waals surface area contributed by atoms with Crippen LogP contribution in [0.2, 0.25) is 0 Å². The Kier molecular flexibility index (Phi) is 8.04. The average Bonchev–Trinajstić information content (AvgIpc) is 3.77. The van der Waals surface area contributed by atoms with Gasteiger partial charge in [-0.25, -0.2) is 4.39 Å². The first-order valence-electron chi connectivity index (χ1n) is 16.0. The van der Waals surface area contributed by atoms with Crippen LogP contribution in [0.25, 0.3) is 50.8 Å². The largest absolute Gasteiger partial charge is 0.438 e. The van der Waals surface area contributed by atoms with E-state index in [1.165, 1.54) is 41.1 Å². The molecule has 0 saturated heterocycles. The predicted octanol–water partition coefficient (Wildman–Crippen LogP) is 7.27. The number of aryl methyl sites for hydroxylation is 1. The van der Waals surface area contributed by atoms with Gasteiger partial charge in [-0.3, -0.25) is 23.8 Å². The topological polar surface area (TPSA) is 156 Å². The van der Waals surface area contributed by atoms with Crippen LogP contribution in [0.3, 0.4) is 0 Å². The summed E-state index contributed by atoms with van der Waals surface area (Å²) in [7, 11) is 1.82. The summed E-state index contributed by atoms with van der Waals surface area (Å²) < 4.78 is 29.3. The van der Waals surface area contributed by atoms with E-state index in [-0.39, 0.29) is 23.0 Å². The van der Waals surface area contributed by atoms with Gasteiger partial charge in [-0.2, -0.15) is 15.1 Å². The fourth-order valence-corrected chi connectivity index (χ4v) is 5.75. The standard InChI is InChI=1S/C39H27FN8O4/c1-47-22-24(21-43-47)34-32(23-6-4-7-26(41)20-23)33-37(45-35(46-38(33)52-34)31-9-2-3-18-42-31)51-29-16-12-27(13-17-29)44-36(49)30-8-5-19-48(39(30)50)28-14-10-25(40)11-15-28/h2-22H,41H2,1H3,(H,44,49). The zero-order valence-corrected chi connectivity index (χ0v) is 27.4. The van der Waals surface area contributed by atoms with Crippen LogP contribution in [0.4, 0.5) is 15.8 Å². The highest BCUT2D eigenvalue weighted by molar-refractivity contribution is 6.05. The number of rotatable bonds is 8. The lowest BCUT2D eigenvalue weighted by atomic mass is 10.0. The molecule has 5 heterocycles. The van der Waals surface area contributed by atoms with Crippen molar-refractivity contribution in [1.82, 2.24) is 29.3 Å². The maximum Gasteiger partial charge on any atom is 0.267 e. The molecule has 3 aromatic carbocycles. The summed E-state index contributed by atoms with van der Waals surface area (Å²) in [5.74, 6) is 0.336. The first kappa shape index (κ1) is 31.8. The molecule has 0 saturated carbocycles. The van der Waals surface area contributed by atoms with Crippen LogP contribution in [0.5, 0.6) is 11.6 Å². The number of ether oxygens (including phenoxy) is 1. The SMILES string of the molecule is Cn1cc(-c2oc3nc(-c4ccccn4)nc(Oc4ccc(NC(=O)c5cccn(-c6ccc(F)cc6)c5=O)cc4)c3c2-c2cccc(N)c2)cn1. The van der Waals surface area contributed by atoms with Crippen LogP contribution in [-0.2, 0) is 7.05 Å². The molecule has 8 rings (SSSR count). The molecular weight excluding hydrogens is 663 g/mol. The molecule has 1 amide bonds. The molecule has 0 unspecified atom stereocenters. The number of anilines is 2. The van der Waals surface area contributed by atoms with E-state index in [4.69, 9.17) is 24.9 Å². The number of benzene rings is 3. The Hall–Kier alpha value is -7.41. The molecule has 0 bridgehead atoms. The number of nitrogen functional groups attached to an aromatic ring is 1. The molecule has 8 aromatic rings. The molecule has 0 aliphatic rings. The lowest BCUT2D eigenvalue weighted by Crippen LogP contribution is -2.27. The number of nitrogens with one attached hydrogen (secondary N) is 1. The van der Waals surface area contributed by atoms with E-state index in [9.17, 15) is 14.0 Å². The van der Waals surface area contributed by atoms with Gasteiger partial charge in [-0.15, -0.1) is 0 Å². The van der Waals surface area contributed by atoms with Crippen molar-refractivity contribution in [2.75, 3.05) is 11.1 Å². The van der Waals surface area contributed by atoms with Gasteiger partial charge in [-0.1, -0.05) is 18.2 Å². The van der Waals surface area contributed by atoms with Crippen molar-refractivity contribution in [2.24, 2.45) is 7.05 Å². The summed E-state index contributed by atoms with van der Waals surface area (Å²) in [5.41, 5.74) is 9.89. The minimum atomic E-state index is -0.610. The smallest absolute Gasteiger partial charge is 0.267 e. The van der Waals surface area contributed by atoms with Crippen molar-refractivity contribution in [1.29, 1.82) is 0 Å². The Morgan fingerprint density at radius 3 is 2.48 bits per heavy atom. The van der Waals surface area contributed by atoms with Gasteiger partial charge >= 0.3 is 0 Å². The number of amides is 1. The van der Waals surface area contributed by atoms with Gasteiger partial charge in [0.05, 0.1) is 11.8 Å². The van der Waals surface area contributed by atoms with Crippen molar-refractivity contribution in [2.45, 2.75) is 0 Å². The summed E-state index contributed by atoms with van der Waals surface area (Å²) in [5, 5.41) is 7.60. The summed E-state index contributed by atoms with van der Waals surface area (Å²) in [4.78, 5) is 40.4. The number of nitrogens with zero attached hydrogens (tertiary/aromatic N) is 6. The average molecular weight is 691 g/mol. The highest BCUT2D eigenvalue weighted by atomic mass is 19.1. The maximum atomic E-state index is 13.4. The van der Waals surface area contributed by atoms with Gasteiger partial charge in [0.15, 0.2) is 5.82 Å². The van der Waals surface area contributed by atoms with E-state index in [1.54, 1.807) is 65.6 Å². The van der Waals surface area contributed by atoms with Gasteiger partial charge in [-0.05, 0) is 90.5 Å². The molecule has 0 fully saturated rings. The zero-order valence-electron chi connectivity index (χ0n) is 27.4. The number of hydrogen-bond donors (Lipinski definition) is 2. The number of aromatic nitrogens is 6. The number of furan rings is 1. The molecule has 5 aromatic heterocycles. The molecular formula is C39H27FN8O4. The van der Waals surface area contributed by atoms with Gasteiger partial charge in [0.1, 0.15) is 34.0 Å². The van der Waals surface area contributed by atoms with Gasteiger partial charge < -0.3 is 20.2 Å². The first-order chi connectivity index (χ1) is 25.3. The van der Waals surface area contributed by atoms with E-state index < -0.39 is 17.3 Å². The van der Waals surface area contributed by atoms with E-state index in [0.717, 1.165) is 5.56 Å². The van der Waals surface area contributed by atoms with Crippen molar-refractivity contribution in [3.63, 3.8) is 0 Å². The second-order valence-corrected chi connectivity index (χ2v) is 11.7. The van der Waals surface area contributed by atoms with Crippen LogP contribution >= 0.6 is 0 Å². The third kappa shape index (κ3) is 6.13. The molecule has 13 heteroatoms. The second kappa shape index (κ2) is 13.1. The van der Waals surface area contributed by atoms with Gasteiger partial charge in [0.25, 0.3) is 11.5 Å². The van der Waals surface area contributed by atoms with Crippen molar-refractivity contribution >= 4 is 28.4 Å². The summed E-state index contributed by atoms with van der Waals surface area (Å²) in [6.45, 7) is 0. The predicted molar refractivity (Wildman–Crippen MR) is 194 cm³/mol. The Labute approximate surface area is 294 Å². The van der Waals surface area contributed by atoms with Crippen LogP contribution in [0.15, 0.2) is 137 Å². The Morgan fingerprint density at radius 1 is 0.923 bits per heavy atom. The van der Waals surface area contributed by atoms with E-state index >= 15 is 0 Å². The van der Waals surface area contributed by atoms with Crippen molar-refractivity contribution in [3.8, 4) is 51.3 Å². The number of hydrogen-bond acceptors (Lipinski definition) is 9. The number of pyridine rings is 2. The van der Waals surface area contributed by atoms with E-state index in [0.29, 0.717) is 50.8 Å². The van der Waals surface area contributed by atoms with Gasteiger partial charge in [0.2, 0.25) is 11.6 Å². The van der Waals surface area contributed by atoms with Crippen LogP contribution < -0.4 is 21.3 Å². The minimum Gasteiger partial charge on any atom is -0.438 e. The Bertz CT molecular complexity index is 2650. The maximum absolute atomic E-state index is 13.4. The fourth-order valence-electron chi connectivity index (χ4n) is 5.75. The van der Waals surface area contributed by atoms with Gasteiger partial charge in [0, 0.05) is 48.3 Å². The van der Waals surface area contributed by atoms with Crippen LogP contribution in [0, 0.1) is 5.82 Å². The summed E-state index contributed by atoms with van der Waals surface area (Å²) in [6.07, 6.45) is 6.69. The highest BCUT2D eigenvalue weighted by Gasteiger charge is 2.26. The molecule has 3 N–H and O–H groups in total. The fraction of sp³-hybridized carbons (Fsp3) is 0.0256. The van der Waals surface area contributed by atoms with Crippen LogP contribution in [-0.4, -0.2) is 35.2 Å². The first-order valence-corrected chi connectivity index (χ1v) is 16.0. The molecule has 0 atom stereocenters. The zero-order chi connectivity index (χ0) is 35.8. The number of carbonyl (C=O) groups is 1. The molecule has 12 nitrogen and oxygen atoms in total. The molecule has 52 heavy (non-hydrogen) atoms. The third-order valence-corrected chi connectivity index (χ3v) is 8.18. The molecule has 0 aliphatic carbocycles. The minimum absolute atomic E-state index is 0.0870. The Balaban J connectivity index is 1.16. The van der Waals surface area contributed by atoms with E-state index in [2.05, 4.69) is 15.4 Å². The van der Waals surface area contributed by atoms with Crippen LogP contribution in [0.1, 0.15) is 10.4 Å². The number of carbonyl (C=O) groups excluding carboxylic acids is 1. The van der Waals surface area contributed by atoms with E-state index in [1.807, 2.05) is 37.5 Å². The lowest BCUT2D eigenvalue weighted by molar-refractivity contribution is 0.102. The molecule has 254 valence electrons. The number of nitrogens with two attached hydrogens (primary N) is 1. The third-order valence-electron chi connectivity index (χ3n) is 8.18. The molecule has 0 radical (unpaired) electrons. The summed E-state index contributed by atoms with van der Waals surface area (Å²) >= 11 is 0. The number of halogens is 1. The Morgan fingerprint density at radius 2 is 1.75 bits per heavy atom. The second-order valence-electron chi connectivity index (χ2n) is 11.7. The monoisotopic (exact) mass is 690 g/mol.